The van der Waals surface area contributed by atoms with Crippen LogP contribution in [0.15, 0.2) is 42.8 Å². The van der Waals surface area contributed by atoms with Gasteiger partial charge in [0.15, 0.2) is 5.88 Å². The first kappa shape index (κ1) is 11.7. The van der Waals surface area contributed by atoms with E-state index >= 15 is 0 Å². The average Bonchev–Trinajstić information content (AvgIpc) is 2.71. The molecule has 0 saturated carbocycles. The molecule has 1 aromatic rings. The Morgan fingerprint density at radius 1 is 1.47 bits per heavy atom. The molecule has 0 spiro atoms. The topological polar surface area (TPSA) is 29.5 Å². The van der Waals surface area contributed by atoms with Crippen molar-refractivity contribution in [2.75, 3.05) is 6.61 Å². The van der Waals surface area contributed by atoms with Crippen LogP contribution in [-0.4, -0.2) is 23.5 Å². The Balaban J connectivity index is 2.10. The molecule has 0 bridgehead atoms. The predicted molar refractivity (Wildman–Crippen MR) is 66.2 cm³/mol. The zero-order valence-electron chi connectivity index (χ0n) is 10.1. The summed E-state index contributed by atoms with van der Waals surface area (Å²) in [6.07, 6.45) is 1.29. The average molecular weight is 231 g/mol. The van der Waals surface area contributed by atoms with Crippen LogP contribution >= 0.6 is 0 Å². The number of hydrogen-bond donors (Lipinski definition) is 0. The molecule has 0 N–H and O–H groups in total. The summed E-state index contributed by atoms with van der Waals surface area (Å²) in [4.78, 5) is 13.5. The van der Waals surface area contributed by atoms with Crippen LogP contribution < -0.4 is 0 Å². The van der Waals surface area contributed by atoms with Crippen LogP contribution in [0.25, 0.3) is 0 Å². The molecule has 1 atom stereocenters. The molecule has 90 valence electrons. The summed E-state index contributed by atoms with van der Waals surface area (Å²) in [7, 11) is 0. The lowest BCUT2D eigenvalue weighted by molar-refractivity contribution is -0.130. The number of carbonyl (C=O) groups is 1. The Morgan fingerprint density at radius 2 is 2.18 bits per heavy atom. The highest BCUT2D eigenvalue weighted by Gasteiger charge is 2.32. The van der Waals surface area contributed by atoms with E-state index in [2.05, 4.69) is 18.7 Å². The number of nitrogens with zero attached hydrogens (tertiary/aromatic N) is 1. The largest absolute Gasteiger partial charge is 0.477 e. The lowest BCUT2D eigenvalue weighted by Crippen LogP contribution is -2.36. The second-order valence-corrected chi connectivity index (χ2v) is 4.17. The van der Waals surface area contributed by atoms with E-state index in [1.54, 1.807) is 4.90 Å². The van der Waals surface area contributed by atoms with E-state index in [0.717, 1.165) is 6.42 Å². The van der Waals surface area contributed by atoms with Crippen molar-refractivity contribution < 1.29 is 9.53 Å². The molecule has 1 aliphatic heterocycles. The molecule has 0 aliphatic carbocycles. The first-order valence-corrected chi connectivity index (χ1v) is 5.90. The third kappa shape index (κ3) is 2.49. The van der Waals surface area contributed by atoms with E-state index < -0.39 is 0 Å². The summed E-state index contributed by atoms with van der Waals surface area (Å²) in [5, 5.41) is 0. The first-order chi connectivity index (χ1) is 8.22. The minimum absolute atomic E-state index is 0.0773. The Hall–Kier alpha value is -1.77. The molecule has 1 saturated heterocycles. The van der Waals surface area contributed by atoms with E-state index in [4.69, 9.17) is 4.74 Å². The highest BCUT2D eigenvalue weighted by molar-refractivity contribution is 5.78. The highest BCUT2D eigenvalue weighted by Crippen LogP contribution is 2.22. The Kier molecular flexibility index (Phi) is 3.47. The first-order valence-electron chi connectivity index (χ1n) is 5.90. The Bertz CT molecular complexity index is 413. The SMILES string of the molecule is C=C1OCC(Cc2ccccc2)N1C(=O)CC. The number of carbonyl (C=O) groups excluding carboxylic acids is 1. The molecule has 3 nitrogen and oxygen atoms in total. The van der Waals surface area contributed by atoms with Gasteiger partial charge < -0.3 is 4.74 Å². The number of rotatable bonds is 3. The van der Waals surface area contributed by atoms with Gasteiger partial charge >= 0.3 is 0 Å². The molecule has 1 unspecified atom stereocenters. The summed E-state index contributed by atoms with van der Waals surface area (Å²) < 4.78 is 5.38. The minimum atomic E-state index is 0.0773. The van der Waals surface area contributed by atoms with Gasteiger partial charge in [0.25, 0.3) is 0 Å². The van der Waals surface area contributed by atoms with Crippen LogP contribution in [0.1, 0.15) is 18.9 Å². The zero-order valence-corrected chi connectivity index (χ0v) is 10.1. The van der Waals surface area contributed by atoms with Gasteiger partial charge in [0, 0.05) is 6.42 Å². The van der Waals surface area contributed by atoms with E-state index in [9.17, 15) is 4.79 Å². The summed E-state index contributed by atoms with van der Waals surface area (Å²) in [5.41, 5.74) is 1.21. The maximum Gasteiger partial charge on any atom is 0.229 e. The fourth-order valence-corrected chi connectivity index (χ4v) is 2.09. The second kappa shape index (κ2) is 5.04. The lowest BCUT2D eigenvalue weighted by atomic mass is 10.1. The molecule has 1 heterocycles. The molecule has 0 radical (unpaired) electrons. The van der Waals surface area contributed by atoms with Gasteiger partial charge in [0.1, 0.15) is 6.61 Å². The van der Waals surface area contributed by atoms with Gasteiger partial charge in [-0.3, -0.25) is 9.69 Å². The summed E-state index contributed by atoms with van der Waals surface area (Å²) >= 11 is 0. The summed E-state index contributed by atoms with van der Waals surface area (Å²) in [5.74, 6) is 0.561. The zero-order chi connectivity index (χ0) is 12.3. The van der Waals surface area contributed by atoms with Crippen molar-refractivity contribution in [2.24, 2.45) is 0 Å². The van der Waals surface area contributed by atoms with Crippen LogP contribution in [0.4, 0.5) is 0 Å². The van der Waals surface area contributed by atoms with E-state index in [0.29, 0.717) is 18.9 Å². The van der Waals surface area contributed by atoms with E-state index in [1.807, 2.05) is 25.1 Å². The predicted octanol–water partition coefficient (Wildman–Crippen LogP) is 2.34. The van der Waals surface area contributed by atoms with Crippen molar-refractivity contribution in [3.63, 3.8) is 0 Å². The molecule has 17 heavy (non-hydrogen) atoms. The maximum absolute atomic E-state index is 11.8. The van der Waals surface area contributed by atoms with Crippen molar-refractivity contribution in [3.05, 3.63) is 48.4 Å². The van der Waals surface area contributed by atoms with Gasteiger partial charge in [0.2, 0.25) is 5.91 Å². The Morgan fingerprint density at radius 3 is 2.82 bits per heavy atom. The Labute approximate surface area is 102 Å². The molecule has 3 heteroatoms. The van der Waals surface area contributed by atoms with Gasteiger partial charge in [-0.25, -0.2) is 0 Å². The standard InChI is InChI=1S/C14H17NO2/c1-3-14(16)15-11(2)17-10-13(15)9-12-7-5-4-6-8-12/h4-8,13H,2-3,9-10H2,1H3. The van der Waals surface area contributed by atoms with Gasteiger partial charge in [0.05, 0.1) is 6.04 Å². The fraction of sp³-hybridized carbons (Fsp3) is 0.357. The molecule has 0 aromatic heterocycles. The molecular formula is C14H17NO2. The normalized spacial score (nSPS) is 19.2. The molecule has 1 fully saturated rings. The third-order valence-corrected chi connectivity index (χ3v) is 2.96. The van der Waals surface area contributed by atoms with Crippen molar-refractivity contribution in [2.45, 2.75) is 25.8 Å². The molecular weight excluding hydrogens is 214 g/mol. The van der Waals surface area contributed by atoms with Gasteiger partial charge in [-0.15, -0.1) is 0 Å². The minimum Gasteiger partial charge on any atom is -0.477 e. The fourth-order valence-electron chi connectivity index (χ4n) is 2.09. The smallest absolute Gasteiger partial charge is 0.229 e. The second-order valence-electron chi connectivity index (χ2n) is 4.17. The van der Waals surface area contributed by atoms with Crippen molar-refractivity contribution >= 4 is 5.91 Å². The molecule has 1 aliphatic rings. The summed E-state index contributed by atoms with van der Waals surface area (Å²) in [6.45, 7) is 6.18. The van der Waals surface area contributed by atoms with Crippen molar-refractivity contribution in [1.29, 1.82) is 0 Å². The number of hydrogen-bond acceptors (Lipinski definition) is 2. The van der Waals surface area contributed by atoms with Gasteiger partial charge in [-0.05, 0) is 18.6 Å². The molecule has 1 amide bonds. The van der Waals surface area contributed by atoms with E-state index in [1.165, 1.54) is 5.56 Å². The monoisotopic (exact) mass is 231 g/mol. The highest BCUT2D eigenvalue weighted by atomic mass is 16.5. The third-order valence-electron chi connectivity index (χ3n) is 2.96. The maximum atomic E-state index is 11.8. The molecule has 2 rings (SSSR count). The number of benzene rings is 1. The number of ether oxygens (including phenoxy) is 1. The van der Waals surface area contributed by atoms with Crippen LogP contribution in [0.5, 0.6) is 0 Å². The van der Waals surface area contributed by atoms with Gasteiger partial charge in [-0.2, -0.15) is 0 Å². The van der Waals surface area contributed by atoms with Crippen LogP contribution in [0.3, 0.4) is 0 Å². The number of amides is 1. The van der Waals surface area contributed by atoms with Crippen molar-refractivity contribution in [1.82, 2.24) is 4.90 Å². The van der Waals surface area contributed by atoms with Crippen LogP contribution in [-0.2, 0) is 16.0 Å². The quantitative estimate of drug-likeness (QED) is 0.799. The van der Waals surface area contributed by atoms with Crippen LogP contribution in [0, 0.1) is 0 Å². The van der Waals surface area contributed by atoms with Crippen LogP contribution in [0.2, 0.25) is 0 Å². The van der Waals surface area contributed by atoms with Crippen molar-refractivity contribution in [3.8, 4) is 0 Å². The summed E-state index contributed by atoms with van der Waals surface area (Å²) in [6, 6.07) is 10.2. The lowest BCUT2D eigenvalue weighted by Gasteiger charge is -2.21. The van der Waals surface area contributed by atoms with E-state index in [-0.39, 0.29) is 11.9 Å². The molecule has 1 aromatic carbocycles. The van der Waals surface area contributed by atoms with Gasteiger partial charge in [-0.1, -0.05) is 37.3 Å².